The number of hydrogen-bond acceptors (Lipinski definition) is 5. The predicted molar refractivity (Wildman–Crippen MR) is 132 cm³/mol. The van der Waals surface area contributed by atoms with Gasteiger partial charge in [0, 0.05) is 23.7 Å². The average molecular weight is 460 g/mol. The maximum Gasteiger partial charge on any atom is 0.251 e. The molecular weight excluding hydrogens is 430 g/mol. The van der Waals surface area contributed by atoms with E-state index in [0.29, 0.717) is 17.9 Å². The van der Waals surface area contributed by atoms with Gasteiger partial charge in [0.2, 0.25) is 11.8 Å². The van der Waals surface area contributed by atoms with Crippen LogP contribution in [0.3, 0.4) is 0 Å². The number of anilines is 2. The Morgan fingerprint density at radius 2 is 1.82 bits per heavy atom. The lowest BCUT2D eigenvalue weighted by Crippen LogP contribution is -2.56. The zero-order valence-electron chi connectivity index (χ0n) is 19.5. The predicted octanol–water partition coefficient (Wildman–Crippen LogP) is 2.49. The molecule has 0 radical (unpaired) electrons. The number of fused-ring (bicyclic) bond motifs is 2. The van der Waals surface area contributed by atoms with Crippen LogP contribution in [0.5, 0.6) is 0 Å². The highest BCUT2D eigenvalue weighted by Crippen LogP contribution is 2.32. The summed E-state index contributed by atoms with van der Waals surface area (Å²) >= 11 is 0. The van der Waals surface area contributed by atoms with Crippen LogP contribution in [-0.4, -0.2) is 48.4 Å². The number of carbonyl (C=O) groups is 3. The highest BCUT2D eigenvalue weighted by atomic mass is 16.2. The second-order valence-electron chi connectivity index (χ2n) is 8.75. The number of likely N-dealkylation sites (N-methyl/N-ethyl adjacent to an activating group) is 1. The van der Waals surface area contributed by atoms with E-state index in [1.54, 1.807) is 19.3 Å². The van der Waals surface area contributed by atoms with Crippen molar-refractivity contribution in [2.45, 2.75) is 32.4 Å². The first-order chi connectivity index (χ1) is 16.4. The van der Waals surface area contributed by atoms with Gasteiger partial charge in [0.05, 0.1) is 6.54 Å². The first-order valence-electron chi connectivity index (χ1n) is 11.4. The van der Waals surface area contributed by atoms with E-state index in [-0.39, 0.29) is 30.2 Å². The monoisotopic (exact) mass is 459 g/mol. The molecule has 4 rings (SSSR count). The highest BCUT2D eigenvalue weighted by Gasteiger charge is 2.42. The molecule has 0 saturated heterocycles. The third-order valence-electron chi connectivity index (χ3n) is 5.99. The molecule has 0 fully saturated rings. The van der Waals surface area contributed by atoms with Crippen LogP contribution < -0.4 is 20.9 Å². The first kappa shape index (κ1) is 23.4. The number of aromatic nitrogens is 1. The van der Waals surface area contributed by atoms with E-state index in [9.17, 15) is 14.4 Å². The fourth-order valence-corrected chi connectivity index (χ4v) is 4.32. The van der Waals surface area contributed by atoms with E-state index in [1.807, 2.05) is 62.4 Å². The second-order valence-corrected chi connectivity index (χ2v) is 8.75. The van der Waals surface area contributed by atoms with Gasteiger partial charge >= 0.3 is 0 Å². The molecule has 176 valence electrons. The minimum absolute atomic E-state index is 0.0936. The van der Waals surface area contributed by atoms with Crippen molar-refractivity contribution in [3.8, 4) is 0 Å². The third-order valence-corrected chi connectivity index (χ3v) is 5.99. The van der Waals surface area contributed by atoms with E-state index in [2.05, 4.69) is 20.9 Å². The molecule has 2 atom stereocenters. The Bertz CT molecular complexity index is 1220. The molecule has 8 heteroatoms. The molecule has 8 nitrogen and oxygen atoms in total. The molecule has 2 unspecified atom stereocenters. The summed E-state index contributed by atoms with van der Waals surface area (Å²) in [6.07, 6.45) is 1.95. The molecule has 34 heavy (non-hydrogen) atoms. The van der Waals surface area contributed by atoms with Crippen LogP contribution in [0, 0.1) is 5.92 Å². The first-order valence-corrected chi connectivity index (χ1v) is 11.4. The standard InChI is InChI=1S/C26H29N5O3/c1-16(2)23(30-22(32)15-27-3)26(34)31-21(14-18-10-7-13-28-24(18)31)25(33)29-20-12-6-9-17-8-4-5-11-19(17)20/h4-13,16,21,23,27H,14-15H2,1-3H3,(H,29,33)(H,30,32). The Kier molecular flexibility index (Phi) is 6.88. The molecular formula is C26H29N5O3. The summed E-state index contributed by atoms with van der Waals surface area (Å²) in [5.74, 6) is -0.657. The smallest absolute Gasteiger partial charge is 0.251 e. The normalized spacial score (nSPS) is 15.8. The van der Waals surface area contributed by atoms with Crippen LogP contribution in [0.2, 0.25) is 0 Å². The van der Waals surface area contributed by atoms with Crippen molar-refractivity contribution in [1.29, 1.82) is 0 Å². The summed E-state index contributed by atoms with van der Waals surface area (Å²) in [5, 5.41) is 10.5. The molecule has 0 bridgehead atoms. The SMILES string of the molecule is CNCC(=O)NC(C(=O)N1c2ncccc2CC1C(=O)Nc1cccc2ccccc12)C(C)C. The average Bonchev–Trinajstić information content (AvgIpc) is 3.22. The Hall–Kier alpha value is -3.78. The number of amides is 3. The van der Waals surface area contributed by atoms with Crippen molar-refractivity contribution in [2.75, 3.05) is 23.8 Å². The Labute approximate surface area is 198 Å². The molecule has 0 aliphatic carbocycles. The Morgan fingerprint density at radius 3 is 2.59 bits per heavy atom. The summed E-state index contributed by atoms with van der Waals surface area (Å²) in [4.78, 5) is 45.4. The van der Waals surface area contributed by atoms with Crippen molar-refractivity contribution in [2.24, 2.45) is 5.92 Å². The number of nitrogens with zero attached hydrogens (tertiary/aromatic N) is 2. The molecule has 0 spiro atoms. The molecule has 3 N–H and O–H groups in total. The van der Waals surface area contributed by atoms with Gasteiger partial charge in [0.25, 0.3) is 5.91 Å². The number of hydrogen-bond donors (Lipinski definition) is 3. The van der Waals surface area contributed by atoms with Crippen LogP contribution in [0.4, 0.5) is 11.5 Å². The Balaban J connectivity index is 1.65. The summed E-state index contributed by atoms with van der Waals surface area (Å²) in [6, 6.07) is 15.6. The lowest BCUT2D eigenvalue weighted by Gasteiger charge is -2.30. The van der Waals surface area contributed by atoms with E-state index in [4.69, 9.17) is 0 Å². The minimum Gasteiger partial charge on any atom is -0.343 e. The van der Waals surface area contributed by atoms with Crippen molar-refractivity contribution in [3.05, 3.63) is 66.4 Å². The maximum atomic E-state index is 13.7. The third kappa shape index (κ3) is 4.63. The van der Waals surface area contributed by atoms with Gasteiger partial charge in [0.15, 0.2) is 0 Å². The van der Waals surface area contributed by atoms with Crippen LogP contribution >= 0.6 is 0 Å². The van der Waals surface area contributed by atoms with Crippen LogP contribution in [0.15, 0.2) is 60.8 Å². The van der Waals surface area contributed by atoms with Crippen molar-refractivity contribution >= 4 is 40.0 Å². The Morgan fingerprint density at radius 1 is 1.06 bits per heavy atom. The molecule has 3 amide bonds. The van der Waals surface area contributed by atoms with Gasteiger partial charge in [-0.2, -0.15) is 0 Å². The molecule has 3 aromatic rings. The van der Waals surface area contributed by atoms with Gasteiger partial charge in [-0.15, -0.1) is 0 Å². The molecule has 1 aromatic heterocycles. The molecule has 1 aliphatic rings. The van der Waals surface area contributed by atoms with E-state index in [1.165, 1.54) is 4.90 Å². The maximum absolute atomic E-state index is 13.7. The van der Waals surface area contributed by atoms with Gasteiger partial charge in [-0.05, 0) is 36.0 Å². The largest absolute Gasteiger partial charge is 0.343 e. The van der Waals surface area contributed by atoms with E-state index >= 15 is 0 Å². The molecule has 2 heterocycles. The van der Waals surface area contributed by atoms with Gasteiger partial charge in [0.1, 0.15) is 17.9 Å². The molecule has 1 aliphatic heterocycles. The van der Waals surface area contributed by atoms with Crippen molar-refractivity contribution in [3.63, 3.8) is 0 Å². The zero-order valence-corrected chi connectivity index (χ0v) is 19.5. The molecule has 2 aromatic carbocycles. The zero-order chi connectivity index (χ0) is 24.2. The topological polar surface area (TPSA) is 103 Å². The molecule has 0 saturated carbocycles. The van der Waals surface area contributed by atoms with Gasteiger partial charge in [-0.3, -0.25) is 19.3 Å². The summed E-state index contributed by atoms with van der Waals surface area (Å²) in [6.45, 7) is 3.82. The van der Waals surface area contributed by atoms with E-state index in [0.717, 1.165) is 16.3 Å². The fourth-order valence-electron chi connectivity index (χ4n) is 4.32. The second kappa shape index (κ2) is 10.0. The fraction of sp³-hybridized carbons (Fsp3) is 0.308. The lowest BCUT2D eigenvalue weighted by atomic mass is 10.0. The summed E-state index contributed by atoms with van der Waals surface area (Å²) in [7, 11) is 1.67. The highest BCUT2D eigenvalue weighted by molar-refractivity contribution is 6.11. The van der Waals surface area contributed by atoms with Crippen LogP contribution in [0.25, 0.3) is 10.8 Å². The number of pyridine rings is 1. The summed E-state index contributed by atoms with van der Waals surface area (Å²) < 4.78 is 0. The number of nitrogens with one attached hydrogen (secondary N) is 3. The van der Waals surface area contributed by atoms with Crippen molar-refractivity contribution in [1.82, 2.24) is 15.6 Å². The number of benzene rings is 2. The quantitative estimate of drug-likeness (QED) is 0.504. The summed E-state index contributed by atoms with van der Waals surface area (Å²) in [5.41, 5.74) is 1.50. The lowest BCUT2D eigenvalue weighted by molar-refractivity contribution is -0.129. The number of carbonyl (C=O) groups excluding carboxylic acids is 3. The van der Waals surface area contributed by atoms with Gasteiger partial charge in [-0.25, -0.2) is 4.98 Å². The van der Waals surface area contributed by atoms with Crippen molar-refractivity contribution < 1.29 is 14.4 Å². The van der Waals surface area contributed by atoms with Crippen LogP contribution in [0.1, 0.15) is 19.4 Å². The van der Waals surface area contributed by atoms with E-state index < -0.39 is 12.1 Å². The minimum atomic E-state index is -0.790. The number of rotatable bonds is 7. The van der Waals surface area contributed by atoms with Gasteiger partial charge in [-0.1, -0.05) is 56.3 Å². The van der Waals surface area contributed by atoms with Gasteiger partial charge < -0.3 is 16.0 Å². The van der Waals surface area contributed by atoms with Crippen LogP contribution in [-0.2, 0) is 20.8 Å².